The molecule has 5 heteroatoms. The number of para-hydroxylation sites is 2. The van der Waals surface area contributed by atoms with E-state index in [1.807, 2.05) is 25.1 Å². The molecule has 5 rings (SSSR count). The molecule has 2 aromatic carbocycles. The van der Waals surface area contributed by atoms with E-state index in [0.717, 1.165) is 54.2 Å². The fourth-order valence-corrected chi connectivity index (χ4v) is 4.54. The number of nitriles is 1. The molecule has 150 valence electrons. The van der Waals surface area contributed by atoms with Gasteiger partial charge in [-0.25, -0.2) is 4.98 Å². The first-order valence-electron chi connectivity index (χ1n) is 10.4. The summed E-state index contributed by atoms with van der Waals surface area (Å²) < 4.78 is 2.16. The highest BCUT2D eigenvalue weighted by Crippen LogP contribution is 2.30. The average molecular weight is 396 g/mol. The smallest absolute Gasteiger partial charge is 0.157 e. The number of imidazole rings is 1. The predicted octanol–water partition coefficient (Wildman–Crippen LogP) is 4.61. The Bertz CT molecular complexity index is 1300. The van der Waals surface area contributed by atoms with E-state index in [2.05, 4.69) is 64.4 Å². The van der Waals surface area contributed by atoms with Gasteiger partial charge in [0.05, 0.1) is 16.6 Å². The number of anilines is 2. The van der Waals surface area contributed by atoms with E-state index in [9.17, 15) is 5.26 Å². The van der Waals surface area contributed by atoms with Crippen molar-refractivity contribution in [2.75, 3.05) is 36.0 Å². The summed E-state index contributed by atoms with van der Waals surface area (Å²) in [4.78, 5) is 9.70. The Balaban J connectivity index is 1.55. The van der Waals surface area contributed by atoms with Gasteiger partial charge in [-0.05, 0) is 61.7 Å². The van der Waals surface area contributed by atoms with E-state index in [-0.39, 0.29) is 0 Å². The summed E-state index contributed by atoms with van der Waals surface area (Å²) in [6.45, 7) is 10.1. The van der Waals surface area contributed by atoms with Crippen molar-refractivity contribution in [1.82, 2.24) is 9.38 Å². The van der Waals surface area contributed by atoms with Crippen LogP contribution in [0.25, 0.3) is 16.7 Å². The maximum Gasteiger partial charge on any atom is 0.157 e. The topological polar surface area (TPSA) is 47.6 Å². The molecule has 0 N–H and O–H groups in total. The molecule has 0 aliphatic carbocycles. The highest BCUT2D eigenvalue weighted by Gasteiger charge is 2.23. The lowest BCUT2D eigenvalue weighted by Gasteiger charge is -2.38. The molecule has 5 nitrogen and oxygen atoms in total. The molecule has 1 aliphatic rings. The second-order valence-corrected chi connectivity index (χ2v) is 8.20. The monoisotopic (exact) mass is 395 g/mol. The van der Waals surface area contributed by atoms with Crippen LogP contribution in [-0.4, -0.2) is 35.6 Å². The van der Waals surface area contributed by atoms with Gasteiger partial charge < -0.3 is 9.80 Å². The quantitative estimate of drug-likeness (QED) is 0.497. The van der Waals surface area contributed by atoms with Crippen LogP contribution in [0.15, 0.2) is 48.5 Å². The normalized spacial score (nSPS) is 14.5. The van der Waals surface area contributed by atoms with Gasteiger partial charge in [-0.1, -0.05) is 24.3 Å². The third-order valence-electron chi connectivity index (χ3n) is 6.17. The van der Waals surface area contributed by atoms with Gasteiger partial charge in [0, 0.05) is 31.9 Å². The number of rotatable bonds is 2. The van der Waals surface area contributed by atoms with E-state index in [1.165, 1.54) is 16.8 Å². The lowest BCUT2D eigenvalue weighted by Crippen LogP contribution is -2.47. The van der Waals surface area contributed by atoms with E-state index >= 15 is 0 Å². The van der Waals surface area contributed by atoms with Crippen molar-refractivity contribution in [2.24, 2.45) is 0 Å². The molecule has 2 aromatic heterocycles. The maximum absolute atomic E-state index is 9.73. The van der Waals surface area contributed by atoms with Crippen molar-refractivity contribution in [2.45, 2.75) is 20.8 Å². The molecule has 0 radical (unpaired) electrons. The van der Waals surface area contributed by atoms with Crippen LogP contribution in [0.5, 0.6) is 0 Å². The van der Waals surface area contributed by atoms with Gasteiger partial charge in [-0.3, -0.25) is 4.40 Å². The van der Waals surface area contributed by atoms with Crippen LogP contribution in [0.2, 0.25) is 0 Å². The van der Waals surface area contributed by atoms with Crippen LogP contribution in [0.4, 0.5) is 11.5 Å². The molecule has 0 saturated carbocycles. The Morgan fingerprint density at radius 2 is 1.60 bits per heavy atom. The minimum absolute atomic E-state index is 0.656. The number of fused-ring (bicyclic) bond motifs is 3. The Morgan fingerprint density at radius 1 is 0.867 bits per heavy atom. The number of pyridine rings is 1. The minimum atomic E-state index is 0.656. The van der Waals surface area contributed by atoms with E-state index in [1.54, 1.807) is 0 Å². The maximum atomic E-state index is 9.73. The SMILES string of the molecule is Cc1ccc(C)c(N2CCN(c3cc(C)c(C#N)c4nc5ccccc5n34)CC2)c1. The van der Waals surface area contributed by atoms with Gasteiger partial charge in [0.25, 0.3) is 0 Å². The van der Waals surface area contributed by atoms with Gasteiger partial charge in [0.15, 0.2) is 5.65 Å². The first-order valence-corrected chi connectivity index (χ1v) is 10.4. The van der Waals surface area contributed by atoms with Crippen molar-refractivity contribution >= 4 is 28.2 Å². The first kappa shape index (κ1) is 18.5. The van der Waals surface area contributed by atoms with Gasteiger partial charge in [0.2, 0.25) is 0 Å². The summed E-state index contributed by atoms with van der Waals surface area (Å²) in [6.07, 6.45) is 0. The summed E-state index contributed by atoms with van der Waals surface area (Å²) in [5.74, 6) is 1.12. The zero-order chi connectivity index (χ0) is 20.8. The Labute approximate surface area is 176 Å². The van der Waals surface area contributed by atoms with Crippen molar-refractivity contribution in [1.29, 1.82) is 5.26 Å². The zero-order valence-corrected chi connectivity index (χ0v) is 17.7. The minimum Gasteiger partial charge on any atom is -0.368 e. The van der Waals surface area contributed by atoms with Crippen LogP contribution in [0, 0.1) is 32.1 Å². The Kier molecular flexibility index (Phi) is 4.36. The number of hydrogen-bond acceptors (Lipinski definition) is 4. The molecular formula is C25H25N5. The number of nitrogens with zero attached hydrogens (tertiary/aromatic N) is 5. The largest absolute Gasteiger partial charge is 0.368 e. The third-order valence-corrected chi connectivity index (χ3v) is 6.17. The second kappa shape index (κ2) is 7.07. The number of aromatic nitrogens is 2. The Morgan fingerprint density at radius 3 is 2.37 bits per heavy atom. The van der Waals surface area contributed by atoms with Crippen LogP contribution >= 0.6 is 0 Å². The molecule has 1 saturated heterocycles. The number of piperazine rings is 1. The van der Waals surface area contributed by atoms with Crippen LogP contribution in [0.1, 0.15) is 22.3 Å². The molecule has 0 bridgehead atoms. The van der Waals surface area contributed by atoms with Crippen LogP contribution in [0.3, 0.4) is 0 Å². The van der Waals surface area contributed by atoms with E-state index in [0.29, 0.717) is 5.56 Å². The summed E-state index contributed by atoms with van der Waals surface area (Å²) in [5.41, 5.74) is 8.33. The summed E-state index contributed by atoms with van der Waals surface area (Å²) in [6, 6.07) is 19.3. The van der Waals surface area contributed by atoms with E-state index in [4.69, 9.17) is 4.98 Å². The zero-order valence-electron chi connectivity index (χ0n) is 17.7. The summed E-state index contributed by atoms with van der Waals surface area (Å²) in [5, 5.41) is 9.73. The number of benzene rings is 2. The fourth-order valence-electron chi connectivity index (χ4n) is 4.54. The molecule has 0 unspecified atom stereocenters. The molecule has 30 heavy (non-hydrogen) atoms. The average Bonchev–Trinajstić information content (AvgIpc) is 3.14. The lowest BCUT2D eigenvalue weighted by molar-refractivity contribution is 0.644. The second-order valence-electron chi connectivity index (χ2n) is 8.20. The predicted molar refractivity (Wildman–Crippen MR) is 122 cm³/mol. The van der Waals surface area contributed by atoms with Gasteiger partial charge >= 0.3 is 0 Å². The third kappa shape index (κ3) is 2.88. The van der Waals surface area contributed by atoms with Crippen molar-refractivity contribution in [3.8, 4) is 6.07 Å². The Hall–Kier alpha value is -3.52. The summed E-state index contributed by atoms with van der Waals surface area (Å²) >= 11 is 0. The fraction of sp³-hybridized carbons (Fsp3) is 0.280. The van der Waals surface area contributed by atoms with Gasteiger partial charge in [-0.2, -0.15) is 5.26 Å². The summed E-state index contributed by atoms with van der Waals surface area (Å²) in [7, 11) is 0. The van der Waals surface area contributed by atoms with E-state index < -0.39 is 0 Å². The molecule has 1 fully saturated rings. The van der Waals surface area contributed by atoms with Gasteiger partial charge in [-0.15, -0.1) is 0 Å². The molecule has 0 spiro atoms. The van der Waals surface area contributed by atoms with Crippen LogP contribution in [-0.2, 0) is 0 Å². The van der Waals surface area contributed by atoms with Crippen LogP contribution < -0.4 is 9.80 Å². The molecule has 0 amide bonds. The molecule has 4 aromatic rings. The number of hydrogen-bond donors (Lipinski definition) is 0. The molecular weight excluding hydrogens is 370 g/mol. The standard InChI is InChI=1S/C25H25N5/c1-17-8-9-18(2)23(14-17)28-10-12-29(13-11-28)24-15-19(3)20(16-26)25-27-21-6-4-5-7-22(21)30(24)25/h4-9,14-15H,10-13H2,1-3H3. The van der Waals surface area contributed by atoms with Crippen molar-refractivity contribution in [3.63, 3.8) is 0 Å². The number of aryl methyl sites for hydroxylation is 3. The van der Waals surface area contributed by atoms with Crippen molar-refractivity contribution < 1.29 is 0 Å². The van der Waals surface area contributed by atoms with Crippen molar-refractivity contribution in [3.05, 3.63) is 70.8 Å². The highest BCUT2D eigenvalue weighted by molar-refractivity contribution is 5.85. The first-order chi connectivity index (χ1) is 14.6. The molecule has 1 aliphatic heterocycles. The molecule has 0 atom stereocenters. The lowest BCUT2D eigenvalue weighted by atomic mass is 10.1. The highest BCUT2D eigenvalue weighted by atomic mass is 15.3. The van der Waals surface area contributed by atoms with Gasteiger partial charge in [0.1, 0.15) is 11.9 Å². The molecule has 3 heterocycles.